The third-order valence-corrected chi connectivity index (χ3v) is 5.37. The van der Waals surface area contributed by atoms with E-state index in [1.165, 1.54) is 5.56 Å². The minimum Gasteiger partial charge on any atom is -0.484 e. The molecular formula is C21H30N4O2. The molecule has 0 bridgehead atoms. The average molecular weight is 370 g/mol. The molecule has 146 valence electrons. The number of amides is 1. The highest BCUT2D eigenvalue weighted by Gasteiger charge is 2.34. The Morgan fingerprint density at radius 3 is 2.78 bits per heavy atom. The fourth-order valence-electron chi connectivity index (χ4n) is 4.00. The van der Waals surface area contributed by atoms with Crippen molar-refractivity contribution < 1.29 is 9.53 Å². The minimum atomic E-state index is 0.0115. The third-order valence-electron chi connectivity index (χ3n) is 5.37. The molecule has 2 atom stereocenters. The normalized spacial score (nSPS) is 20.4. The molecule has 0 unspecified atom stereocenters. The average Bonchev–Trinajstić information content (AvgIpc) is 3.12. The molecule has 27 heavy (non-hydrogen) atoms. The maximum absolute atomic E-state index is 12.6. The van der Waals surface area contributed by atoms with Gasteiger partial charge in [-0.3, -0.25) is 14.4 Å². The zero-order valence-electron chi connectivity index (χ0n) is 16.5. The molecule has 1 fully saturated rings. The molecule has 0 spiro atoms. The van der Waals surface area contributed by atoms with Gasteiger partial charge in [0, 0.05) is 38.4 Å². The van der Waals surface area contributed by atoms with Crippen LogP contribution in [0.25, 0.3) is 0 Å². The summed E-state index contributed by atoms with van der Waals surface area (Å²) >= 11 is 0. The highest BCUT2D eigenvalue weighted by Crippen LogP contribution is 2.36. The summed E-state index contributed by atoms with van der Waals surface area (Å²) in [4.78, 5) is 16.9. The van der Waals surface area contributed by atoms with Crippen molar-refractivity contribution in [3.63, 3.8) is 0 Å². The zero-order chi connectivity index (χ0) is 19.2. The number of aromatic nitrogens is 2. The predicted octanol–water partition coefficient (Wildman–Crippen LogP) is 2.73. The number of hydrogen-bond acceptors (Lipinski definition) is 4. The van der Waals surface area contributed by atoms with Gasteiger partial charge in [0.15, 0.2) is 6.61 Å². The fourth-order valence-corrected chi connectivity index (χ4v) is 4.00. The number of piperidine rings is 1. The molecule has 0 radical (unpaired) electrons. The second-order valence-corrected chi connectivity index (χ2v) is 7.30. The van der Waals surface area contributed by atoms with Crippen molar-refractivity contribution in [1.29, 1.82) is 0 Å². The molecule has 6 nitrogen and oxygen atoms in total. The number of likely N-dealkylation sites (tertiary alicyclic amines) is 1. The second kappa shape index (κ2) is 9.04. The van der Waals surface area contributed by atoms with Crippen LogP contribution < -0.4 is 4.74 Å². The first-order valence-electron chi connectivity index (χ1n) is 9.73. The summed E-state index contributed by atoms with van der Waals surface area (Å²) in [6.45, 7) is 5.11. The Hall–Kier alpha value is -2.34. The Morgan fingerprint density at radius 1 is 1.33 bits per heavy atom. The van der Waals surface area contributed by atoms with Gasteiger partial charge in [-0.2, -0.15) is 5.10 Å². The molecule has 1 amide bonds. The zero-order valence-corrected chi connectivity index (χ0v) is 16.5. The molecule has 0 aliphatic carbocycles. The predicted molar refractivity (Wildman–Crippen MR) is 105 cm³/mol. The highest BCUT2D eigenvalue weighted by atomic mass is 16.5. The van der Waals surface area contributed by atoms with E-state index in [9.17, 15) is 4.79 Å². The van der Waals surface area contributed by atoms with E-state index < -0.39 is 0 Å². The van der Waals surface area contributed by atoms with Gasteiger partial charge in [0.1, 0.15) is 5.75 Å². The molecule has 1 aliphatic heterocycles. The SMILES string of the molecule is CCN1CCC[C@@H](CN(C)C(=O)COc2ccccc2)[C@@H]1c1cnn(C)c1. The molecule has 1 aromatic carbocycles. The first-order valence-corrected chi connectivity index (χ1v) is 9.73. The van der Waals surface area contributed by atoms with Crippen molar-refractivity contribution in [3.05, 3.63) is 48.3 Å². The van der Waals surface area contributed by atoms with E-state index in [1.54, 1.807) is 0 Å². The largest absolute Gasteiger partial charge is 0.484 e. The standard InChI is InChI=1S/C21H30N4O2/c1-4-25-12-8-9-17(21(25)18-13-22-24(3)15-18)14-23(2)20(26)16-27-19-10-6-5-7-11-19/h5-7,10-11,13,15,17,21H,4,8-9,12,14,16H2,1-3H3/t17-,21+/m0/s1. The van der Waals surface area contributed by atoms with Gasteiger partial charge < -0.3 is 9.64 Å². The van der Waals surface area contributed by atoms with Crippen molar-refractivity contribution in [3.8, 4) is 5.75 Å². The first kappa shape index (κ1) is 19.4. The maximum Gasteiger partial charge on any atom is 0.260 e. The van der Waals surface area contributed by atoms with Crippen LogP contribution in [0, 0.1) is 5.92 Å². The topological polar surface area (TPSA) is 50.6 Å². The number of carbonyl (C=O) groups is 1. The van der Waals surface area contributed by atoms with E-state index in [2.05, 4.69) is 23.1 Å². The summed E-state index contributed by atoms with van der Waals surface area (Å²) in [7, 11) is 3.83. The van der Waals surface area contributed by atoms with Crippen LogP contribution in [-0.4, -0.2) is 58.8 Å². The summed E-state index contributed by atoms with van der Waals surface area (Å²) in [5.41, 5.74) is 1.24. The molecule has 1 aromatic heterocycles. The van der Waals surface area contributed by atoms with E-state index in [0.717, 1.165) is 38.2 Å². The fraction of sp³-hybridized carbons (Fsp3) is 0.524. The van der Waals surface area contributed by atoms with Gasteiger partial charge in [-0.1, -0.05) is 25.1 Å². The van der Waals surface area contributed by atoms with Crippen LogP contribution >= 0.6 is 0 Å². The van der Waals surface area contributed by atoms with Gasteiger partial charge >= 0.3 is 0 Å². The minimum absolute atomic E-state index is 0.0115. The molecule has 0 saturated carbocycles. The van der Waals surface area contributed by atoms with Crippen molar-refractivity contribution >= 4 is 5.91 Å². The van der Waals surface area contributed by atoms with Gasteiger partial charge in [-0.15, -0.1) is 0 Å². The lowest BCUT2D eigenvalue weighted by Gasteiger charge is -2.42. The van der Waals surface area contributed by atoms with Crippen LogP contribution in [0.3, 0.4) is 0 Å². The molecule has 1 saturated heterocycles. The second-order valence-electron chi connectivity index (χ2n) is 7.30. The van der Waals surface area contributed by atoms with E-state index >= 15 is 0 Å². The summed E-state index contributed by atoms with van der Waals surface area (Å²) < 4.78 is 7.48. The van der Waals surface area contributed by atoms with Gasteiger partial charge in [-0.05, 0) is 44.0 Å². The van der Waals surface area contributed by atoms with E-state index in [1.807, 2.05) is 60.2 Å². The molecule has 2 heterocycles. The molecule has 3 rings (SSSR count). The lowest BCUT2D eigenvalue weighted by atomic mass is 9.85. The Kier molecular flexibility index (Phi) is 6.50. The molecule has 6 heteroatoms. The number of para-hydroxylation sites is 1. The lowest BCUT2D eigenvalue weighted by molar-refractivity contribution is -0.133. The van der Waals surface area contributed by atoms with Gasteiger partial charge in [0.25, 0.3) is 5.91 Å². The number of aryl methyl sites for hydroxylation is 1. The number of hydrogen-bond donors (Lipinski definition) is 0. The third kappa shape index (κ3) is 4.89. The first-order chi connectivity index (χ1) is 13.1. The smallest absolute Gasteiger partial charge is 0.260 e. The van der Waals surface area contributed by atoms with Gasteiger partial charge in [0.05, 0.1) is 6.20 Å². The van der Waals surface area contributed by atoms with Gasteiger partial charge in [0.2, 0.25) is 0 Å². The number of nitrogens with zero attached hydrogens (tertiary/aromatic N) is 4. The quantitative estimate of drug-likeness (QED) is 0.752. The number of carbonyl (C=O) groups excluding carboxylic acids is 1. The van der Waals surface area contributed by atoms with Crippen LogP contribution in [0.2, 0.25) is 0 Å². The Bertz CT molecular complexity index is 731. The van der Waals surface area contributed by atoms with Crippen LogP contribution in [0.5, 0.6) is 5.75 Å². The van der Waals surface area contributed by atoms with E-state index in [-0.39, 0.29) is 12.5 Å². The number of likely N-dealkylation sites (N-methyl/N-ethyl adjacent to an activating group) is 1. The lowest BCUT2D eigenvalue weighted by Crippen LogP contribution is -2.44. The van der Waals surface area contributed by atoms with Crippen LogP contribution in [0.15, 0.2) is 42.7 Å². The van der Waals surface area contributed by atoms with Crippen molar-refractivity contribution in [2.45, 2.75) is 25.8 Å². The van der Waals surface area contributed by atoms with Crippen LogP contribution in [0.4, 0.5) is 0 Å². The van der Waals surface area contributed by atoms with Crippen molar-refractivity contribution in [1.82, 2.24) is 19.6 Å². The molecular weight excluding hydrogens is 340 g/mol. The van der Waals surface area contributed by atoms with Crippen LogP contribution in [0.1, 0.15) is 31.4 Å². The van der Waals surface area contributed by atoms with Crippen LogP contribution in [-0.2, 0) is 11.8 Å². The van der Waals surface area contributed by atoms with E-state index in [4.69, 9.17) is 4.74 Å². The van der Waals surface area contributed by atoms with Crippen molar-refractivity contribution in [2.24, 2.45) is 13.0 Å². The summed E-state index contributed by atoms with van der Waals surface area (Å²) in [5, 5.41) is 4.36. The Balaban J connectivity index is 1.63. The van der Waals surface area contributed by atoms with E-state index in [0.29, 0.717) is 12.0 Å². The molecule has 1 aliphatic rings. The number of benzene rings is 1. The molecule has 2 aromatic rings. The number of ether oxygens (including phenoxy) is 1. The monoisotopic (exact) mass is 370 g/mol. The summed E-state index contributed by atoms with van der Waals surface area (Å²) in [6.07, 6.45) is 6.35. The Morgan fingerprint density at radius 2 is 2.11 bits per heavy atom. The maximum atomic E-state index is 12.6. The highest BCUT2D eigenvalue weighted by molar-refractivity contribution is 5.77. The molecule has 0 N–H and O–H groups in total. The summed E-state index contributed by atoms with van der Waals surface area (Å²) in [6, 6.07) is 9.79. The van der Waals surface area contributed by atoms with Gasteiger partial charge in [-0.25, -0.2) is 0 Å². The summed E-state index contributed by atoms with van der Waals surface area (Å²) in [5.74, 6) is 1.13. The number of rotatable bonds is 7. The van der Waals surface area contributed by atoms with Crippen molar-refractivity contribution in [2.75, 3.05) is 33.3 Å². The Labute approximate surface area is 161 Å².